The van der Waals surface area contributed by atoms with Crippen LogP contribution in [0.25, 0.3) is 0 Å². The van der Waals surface area contributed by atoms with Gasteiger partial charge in [-0.05, 0) is 82.1 Å². The number of carbonyl (C=O) groups is 2. The van der Waals surface area contributed by atoms with Gasteiger partial charge in [0.05, 0.1) is 31.5 Å². The van der Waals surface area contributed by atoms with Gasteiger partial charge in [-0.25, -0.2) is 4.79 Å². The molecule has 2 amide bonds. The Hall–Kier alpha value is -3.18. The summed E-state index contributed by atoms with van der Waals surface area (Å²) in [6.07, 6.45) is -0.0405. The number of alkyl carbamates (subject to hydrolysis) is 1. The molecule has 2 aromatic rings. The van der Waals surface area contributed by atoms with Gasteiger partial charge in [0.25, 0.3) is 0 Å². The molecule has 4 N–H and O–H groups in total. The molecule has 2 fully saturated rings. The number of benzene rings is 2. The maximum Gasteiger partial charge on any atom is 0.407 e. The molecule has 6 atom stereocenters. The van der Waals surface area contributed by atoms with E-state index in [0.717, 1.165) is 49.7 Å². The van der Waals surface area contributed by atoms with E-state index in [1.165, 1.54) is 0 Å². The number of hydrogen-bond donors (Lipinski definition) is 4. The van der Waals surface area contributed by atoms with Crippen molar-refractivity contribution in [2.75, 3.05) is 39.5 Å². The summed E-state index contributed by atoms with van der Waals surface area (Å²) in [4.78, 5) is 28.9. The van der Waals surface area contributed by atoms with Crippen molar-refractivity contribution in [1.29, 1.82) is 0 Å². The Kier molecular flexibility index (Phi) is 13.3. The molecule has 2 aromatic carbocycles. The summed E-state index contributed by atoms with van der Waals surface area (Å²) in [7, 11) is 0. The van der Waals surface area contributed by atoms with E-state index in [2.05, 4.69) is 15.5 Å². The van der Waals surface area contributed by atoms with Crippen molar-refractivity contribution in [2.24, 2.45) is 11.8 Å². The second-order valence-electron chi connectivity index (χ2n) is 13.8. The van der Waals surface area contributed by atoms with Crippen molar-refractivity contribution < 1.29 is 34.0 Å². The van der Waals surface area contributed by atoms with Crippen LogP contribution >= 0.6 is 0 Å². The molecule has 1 aliphatic carbocycles. The largest absolute Gasteiger partial charge is 0.492 e. The minimum absolute atomic E-state index is 0.126. The molecule has 46 heavy (non-hydrogen) atoms. The Morgan fingerprint density at radius 1 is 1.00 bits per heavy atom. The molecule has 10 heteroatoms. The predicted octanol–water partition coefficient (Wildman–Crippen LogP) is 3.72. The van der Waals surface area contributed by atoms with Crippen LogP contribution in [0.15, 0.2) is 54.6 Å². The van der Waals surface area contributed by atoms with Gasteiger partial charge in [-0.2, -0.15) is 0 Å². The highest BCUT2D eigenvalue weighted by Gasteiger charge is 2.35. The molecular weight excluding hydrogens is 586 g/mol. The highest BCUT2D eigenvalue weighted by molar-refractivity contribution is 5.79. The third-order valence-corrected chi connectivity index (χ3v) is 8.73. The zero-order chi connectivity index (χ0) is 33.1. The van der Waals surface area contributed by atoms with Gasteiger partial charge < -0.3 is 35.1 Å². The van der Waals surface area contributed by atoms with E-state index in [4.69, 9.17) is 14.2 Å². The van der Waals surface area contributed by atoms with Crippen LogP contribution < -0.4 is 15.4 Å². The first-order valence-electron chi connectivity index (χ1n) is 16.7. The molecule has 10 nitrogen and oxygen atoms in total. The normalized spacial score (nSPS) is 22.4. The van der Waals surface area contributed by atoms with Crippen molar-refractivity contribution in [3.63, 3.8) is 0 Å². The molecule has 0 radical (unpaired) electrons. The van der Waals surface area contributed by atoms with E-state index in [9.17, 15) is 19.8 Å². The first-order chi connectivity index (χ1) is 21.9. The molecule has 2 aliphatic rings. The highest BCUT2D eigenvalue weighted by atomic mass is 16.6. The average Bonchev–Trinajstić information content (AvgIpc) is 3.33. The lowest BCUT2D eigenvalue weighted by molar-refractivity contribution is -0.127. The van der Waals surface area contributed by atoms with Gasteiger partial charge >= 0.3 is 6.09 Å². The van der Waals surface area contributed by atoms with Crippen LogP contribution in [0, 0.1) is 11.8 Å². The van der Waals surface area contributed by atoms with Crippen LogP contribution in [0.5, 0.6) is 5.75 Å². The number of morpholine rings is 1. The number of hydrogen-bond acceptors (Lipinski definition) is 8. The van der Waals surface area contributed by atoms with E-state index in [0.29, 0.717) is 32.3 Å². The second-order valence-corrected chi connectivity index (χ2v) is 13.8. The Morgan fingerprint density at radius 3 is 2.30 bits per heavy atom. The minimum Gasteiger partial charge on any atom is -0.492 e. The standard InChI is InChI=1S/C36H53N3O7/c1-25-20-29(40)24-31(25)37-34(42)28(21-27-10-12-30(13-11-27)45-19-16-39-14-17-44-18-15-39)23-33(41)32(22-26-8-6-5-7-9-26)38-35(43)46-36(2,3)4/h5-13,25,28-29,31-33,40-41H,14-24H2,1-4H3,(H,37,42)(H,38,43)/t25-,28+,29+,31+,32-,33-/m0/s1. The van der Waals surface area contributed by atoms with Gasteiger partial charge in [-0.1, -0.05) is 49.4 Å². The molecule has 4 rings (SSSR count). The number of nitrogens with one attached hydrogen (secondary N) is 2. The zero-order valence-electron chi connectivity index (χ0n) is 27.8. The number of aliphatic hydroxyl groups is 2. The molecule has 0 spiro atoms. The third-order valence-electron chi connectivity index (χ3n) is 8.73. The van der Waals surface area contributed by atoms with Gasteiger partial charge in [0.2, 0.25) is 5.91 Å². The van der Waals surface area contributed by atoms with Gasteiger partial charge in [0, 0.05) is 31.6 Å². The molecule has 254 valence electrons. The van der Waals surface area contributed by atoms with Crippen LogP contribution in [-0.4, -0.2) is 96.5 Å². The van der Waals surface area contributed by atoms with E-state index in [1.807, 2.05) is 61.5 Å². The fraction of sp³-hybridized carbons (Fsp3) is 0.611. The zero-order valence-corrected chi connectivity index (χ0v) is 27.8. The summed E-state index contributed by atoms with van der Waals surface area (Å²) in [5.74, 6) is 0.160. The summed E-state index contributed by atoms with van der Waals surface area (Å²) in [6, 6.07) is 16.6. The smallest absolute Gasteiger partial charge is 0.407 e. The molecular formula is C36H53N3O7. The molecule has 0 unspecified atom stereocenters. The predicted molar refractivity (Wildman–Crippen MR) is 177 cm³/mol. The lowest BCUT2D eigenvalue weighted by Gasteiger charge is -2.29. The monoisotopic (exact) mass is 639 g/mol. The lowest BCUT2D eigenvalue weighted by Crippen LogP contribution is -2.49. The molecule has 1 heterocycles. The highest BCUT2D eigenvalue weighted by Crippen LogP contribution is 2.27. The third kappa shape index (κ3) is 11.9. The van der Waals surface area contributed by atoms with Gasteiger partial charge in [-0.15, -0.1) is 0 Å². The van der Waals surface area contributed by atoms with Crippen molar-refractivity contribution in [1.82, 2.24) is 15.5 Å². The Labute approximate surface area is 273 Å². The molecule has 1 saturated heterocycles. The summed E-state index contributed by atoms with van der Waals surface area (Å²) in [6.45, 7) is 12.1. The van der Waals surface area contributed by atoms with E-state index in [1.54, 1.807) is 20.8 Å². The van der Waals surface area contributed by atoms with Gasteiger partial charge in [-0.3, -0.25) is 9.69 Å². The summed E-state index contributed by atoms with van der Waals surface area (Å²) < 4.78 is 16.9. The topological polar surface area (TPSA) is 130 Å². The van der Waals surface area contributed by atoms with Crippen LogP contribution in [-0.2, 0) is 27.1 Å². The molecule has 1 saturated carbocycles. The number of rotatable bonds is 14. The summed E-state index contributed by atoms with van der Waals surface area (Å²) >= 11 is 0. The number of nitrogens with zero attached hydrogens (tertiary/aromatic N) is 1. The fourth-order valence-corrected chi connectivity index (χ4v) is 6.19. The summed E-state index contributed by atoms with van der Waals surface area (Å²) in [5.41, 5.74) is 1.18. The molecule has 1 aliphatic heterocycles. The summed E-state index contributed by atoms with van der Waals surface area (Å²) in [5, 5.41) is 27.8. The first-order valence-corrected chi connectivity index (χ1v) is 16.7. The van der Waals surface area contributed by atoms with Crippen LogP contribution in [0.1, 0.15) is 58.1 Å². The fourth-order valence-electron chi connectivity index (χ4n) is 6.19. The van der Waals surface area contributed by atoms with E-state index < -0.39 is 35.9 Å². The molecule has 0 aromatic heterocycles. The van der Waals surface area contributed by atoms with E-state index in [-0.39, 0.29) is 24.3 Å². The second kappa shape index (κ2) is 17.1. The number of ether oxygens (including phenoxy) is 3. The van der Waals surface area contributed by atoms with Crippen molar-refractivity contribution in [3.8, 4) is 5.75 Å². The minimum atomic E-state index is -1.03. The van der Waals surface area contributed by atoms with Gasteiger partial charge in [0.1, 0.15) is 18.0 Å². The maximum atomic E-state index is 13.8. The van der Waals surface area contributed by atoms with E-state index >= 15 is 0 Å². The quantitative estimate of drug-likeness (QED) is 0.246. The number of carbonyl (C=O) groups excluding carboxylic acids is 2. The first kappa shape index (κ1) is 35.7. The maximum absolute atomic E-state index is 13.8. The number of amides is 2. The Morgan fingerprint density at radius 2 is 1.67 bits per heavy atom. The van der Waals surface area contributed by atoms with Gasteiger partial charge in [0.15, 0.2) is 0 Å². The van der Waals surface area contributed by atoms with Crippen molar-refractivity contribution in [3.05, 3.63) is 65.7 Å². The van der Waals surface area contributed by atoms with Crippen molar-refractivity contribution in [2.45, 2.75) is 89.7 Å². The SMILES string of the molecule is C[C@H]1C[C@@H](O)C[C@H]1NC(=O)[C@H](Cc1ccc(OCCN2CCOCC2)cc1)C[C@H](O)[C@H](Cc1ccccc1)NC(=O)OC(C)(C)C. The molecule has 0 bridgehead atoms. The number of aliphatic hydroxyl groups excluding tert-OH is 2. The Balaban J connectivity index is 1.45. The van der Waals surface area contributed by atoms with Crippen LogP contribution in [0.2, 0.25) is 0 Å². The Bertz CT molecular complexity index is 1210. The van der Waals surface area contributed by atoms with Crippen molar-refractivity contribution >= 4 is 12.0 Å². The lowest BCUT2D eigenvalue weighted by atomic mass is 9.88. The average molecular weight is 640 g/mol. The van der Waals surface area contributed by atoms with Crippen LogP contribution in [0.4, 0.5) is 4.79 Å². The van der Waals surface area contributed by atoms with Crippen LogP contribution in [0.3, 0.4) is 0 Å².